The van der Waals surface area contributed by atoms with Crippen molar-refractivity contribution in [3.8, 4) is 11.1 Å². The van der Waals surface area contributed by atoms with Crippen LogP contribution in [0.4, 0.5) is 17.6 Å². The van der Waals surface area contributed by atoms with E-state index in [-0.39, 0.29) is 5.56 Å². The predicted molar refractivity (Wildman–Crippen MR) is 58.7 cm³/mol. The van der Waals surface area contributed by atoms with Crippen molar-refractivity contribution in [1.82, 2.24) is 0 Å². The van der Waals surface area contributed by atoms with Crippen LogP contribution in [0.5, 0.6) is 0 Å². The first-order valence-corrected chi connectivity index (χ1v) is 5.08. The van der Waals surface area contributed by atoms with Crippen LogP contribution in [0.25, 0.3) is 11.1 Å². The number of halogens is 4. The highest BCUT2D eigenvalue weighted by Gasteiger charge is 2.20. The summed E-state index contributed by atoms with van der Waals surface area (Å²) in [5, 5.41) is 8.91. The summed E-state index contributed by atoms with van der Waals surface area (Å²) >= 11 is 0. The number of carboxylic acids is 1. The van der Waals surface area contributed by atoms with Crippen molar-refractivity contribution < 1.29 is 27.5 Å². The minimum Gasteiger partial charge on any atom is -0.478 e. The van der Waals surface area contributed by atoms with E-state index in [0.29, 0.717) is 18.2 Å². The van der Waals surface area contributed by atoms with Crippen LogP contribution in [-0.4, -0.2) is 11.1 Å². The van der Waals surface area contributed by atoms with Gasteiger partial charge in [0.25, 0.3) is 0 Å². The molecule has 2 rings (SSSR count). The molecule has 0 bridgehead atoms. The fourth-order valence-electron chi connectivity index (χ4n) is 1.66. The Morgan fingerprint density at radius 1 is 0.895 bits per heavy atom. The van der Waals surface area contributed by atoms with Crippen molar-refractivity contribution in [2.24, 2.45) is 0 Å². The Labute approximate surface area is 104 Å². The maximum absolute atomic E-state index is 13.7. The molecule has 0 aromatic heterocycles. The molecule has 1 N–H and O–H groups in total. The van der Waals surface area contributed by atoms with Gasteiger partial charge in [-0.2, -0.15) is 0 Å². The van der Waals surface area contributed by atoms with E-state index in [1.165, 1.54) is 0 Å². The summed E-state index contributed by atoms with van der Waals surface area (Å²) in [6.07, 6.45) is 0. The zero-order valence-electron chi connectivity index (χ0n) is 9.25. The second kappa shape index (κ2) is 4.72. The van der Waals surface area contributed by atoms with Crippen LogP contribution in [0.1, 0.15) is 10.4 Å². The fourth-order valence-corrected chi connectivity index (χ4v) is 1.66. The molecule has 0 atom stereocenters. The van der Waals surface area contributed by atoms with Crippen molar-refractivity contribution in [3.05, 3.63) is 59.2 Å². The zero-order chi connectivity index (χ0) is 14.2. The fraction of sp³-hybridized carbons (Fsp3) is 0. The van der Waals surface area contributed by atoms with Crippen LogP contribution in [-0.2, 0) is 0 Å². The molecule has 2 nitrogen and oxygen atoms in total. The molecule has 0 radical (unpaired) electrons. The van der Waals surface area contributed by atoms with Gasteiger partial charge in [-0.25, -0.2) is 22.4 Å². The Kier molecular flexibility index (Phi) is 3.25. The summed E-state index contributed by atoms with van der Waals surface area (Å²) in [6, 6.07) is 3.81. The first-order chi connectivity index (χ1) is 8.91. The molecule has 0 fully saturated rings. The largest absolute Gasteiger partial charge is 0.478 e. The summed E-state index contributed by atoms with van der Waals surface area (Å²) in [5.74, 6) is -6.65. The third kappa shape index (κ3) is 2.29. The predicted octanol–water partition coefficient (Wildman–Crippen LogP) is 3.61. The topological polar surface area (TPSA) is 37.3 Å². The van der Waals surface area contributed by atoms with Crippen molar-refractivity contribution >= 4 is 5.97 Å². The van der Waals surface area contributed by atoms with Crippen LogP contribution in [0.3, 0.4) is 0 Å². The van der Waals surface area contributed by atoms with E-state index in [9.17, 15) is 22.4 Å². The standard InChI is InChI=1S/C13H6F4O2/c14-8-3-1-6(5-10(8)16)11-7(13(18)19)2-4-9(15)12(11)17/h1-5H,(H,18,19). The second-order valence-corrected chi connectivity index (χ2v) is 3.72. The summed E-state index contributed by atoms with van der Waals surface area (Å²) in [6.45, 7) is 0. The zero-order valence-corrected chi connectivity index (χ0v) is 9.25. The molecule has 0 heterocycles. The Morgan fingerprint density at radius 2 is 1.53 bits per heavy atom. The lowest BCUT2D eigenvalue weighted by molar-refractivity contribution is 0.0697. The van der Waals surface area contributed by atoms with E-state index in [1.807, 2.05) is 0 Å². The first kappa shape index (κ1) is 13.1. The maximum Gasteiger partial charge on any atom is 0.336 e. The lowest BCUT2D eigenvalue weighted by Gasteiger charge is -2.09. The van der Waals surface area contributed by atoms with Gasteiger partial charge in [-0.3, -0.25) is 0 Å². The van der Waals surface area contributed by atoms with E-state index < -0.39 is 40.4 Å². The van der Waals surface area contributed by atoms with Crippen molar-refractivity contribution in [2.75, 3.05) is 0 Å². The molecule has 2 aromatic carbocycles. The van der Waals surface area contributed by atoms with Crippen LogP contribution in [0, 0.1) is 23.3 Å². The molecule has 6 heteroatoms. The Morgan fingerprint density at radius 3 is 2.11 bits per heavy atom. The number of carboxylic acid groups (broad SMARTS) is 1. The van der Waals surface area contributed by atoms with Crippen LogP contribution < -0.4 is 0 Å². The van der Waals surface area contributed by atoms with E-state index in [1.54, 1.807) is 0 Å². The minimum absolute atomic E-state index is 0.256. The van der Waals surface area contributed by atoms with Gasteiger partial charge in [0.05, 0.1) is 5.56 Å². The smallest absolute Gasteiger partial charge is 0.336 e. The Balaban J connectivity index is 2.75. The summed E-state index contributed by atoms with van der Waals surface area (Å²) in [4.78, 5) is 11.0. The highest BCUT2D eigenvalue weighted by atomic mass is 19.2. The van der Waals surface area contributed by atoms with Gasteiger partial charge in [-0.15, -0.1) is 0 Å². The minimum atomic E-state index is -1.50. The average Bonchev–Trinajstić information content (AvgIpc) is 2.35. The SMILES string of the molecule is O=C(O)c1ccc(F)c(F)c1-c1ccc(F)c(F)c1. The monoisotopic (exact) mass is 270 g/mol. The molecule has 0 saturated heterocycles. The molecule has 0 amide bonds. The lowest BCUT2D eigenvalue weighted by Crippen LogP contribution is -2.04. The Bertz CT molecular complexity index is 668. The van der Waals surface area contributed by atoms with E-state index in [4.69, 9.17) is 5.11 Å². The van der Waals surface area contributed by atoms with Gasteiger partial charge >= 0.3 is 5.97 Å². The van der Waals surface area contributed by atoms with Crippen LogP contribution in [0.15, 0.2) is 30.3 Å². The van der Waals surface area contributed by atoms with Crippen molar-refractivity contribution in [3.63, 3.8) is 0 Å². The molecule has 0 aliphatic rings. The highest BCUT2D eigenvalue weighted by Crippen LogP contribution is 2.29. The molecular weight excluding hydrogens is 264 g/mol. The molecule has 19 heavy (non-hydrogen) atoms. The van der Waals surface area contributed by atoms with Gasteiger partial charge in [-0.1, -0.05) is 6.07 Å². The summed E-state index contributed by atoms with van der Waals surface area (Å²) in [5.41, 5.74) is -1.41. The first-order valence-electron chi connectivity index (χ1n) is 5.08. The van der Waals surface area contributed by atoms with Gasteiger partial charge in [0.1, 0.15) is 0 Å². The van der Waals surface area contributed by atoms with Gasteiger partial charge in [0.15, 0.2) is 23.3 Å². The molecule has 98 valence electrons. The molecule has 0 saturated carbocycles. The van der Waals surface area contributed by atoms with Gasteiger partial charge in [0.2, 0.25) is 0 Å². The highest BCUT2D eigenvalue weighted by molar-refractivity contribution is 5.96. The summed E-state index contributed by atoms with van der Waals surface area (Å²) in [7, 11) is 0. The maximum atomic E-state index is 13.7. The van der Waals surface area contributed by atoms with Crippen LogP contribution >= 0.6 is 0 Å². The van der Waals surface area contributed by atoms with Crippen molar-refractivity contribution in [2.45, 2.75) is 0 Å². The quantitative estimate of drug-likeness (QED) is 0.846. The third-order valence-corrected chi connectivity index (χ3v) is 2.53. The van der Waals surface area contributed by atoms with Gasteiger partial charge < -0.3 is 5.11 Å². The summed E-state index contributed by atoms with van der Waals surface area (Å²) < 4.78 is 52.7. The molecule has 0 unspecified atom stereocenters. The van der Waals surface area contributed by atoms with Gasteiger partial charge in [0, 0.05) is 5.56 Å². The third-order valence-electron chi connectivity index (χ3n) is 2.53. The molecule has 0 aliphatic heterocycles. The van der Waals surface area contributed by atoms with Gasteiger partial charge in [-0.05, 0) is 29.8 Å². The van der Waals surface area contributed by atoms with Crippen LogP contribution in [0.2, 0.25) is 0 Å². The average molecular weight is 270 g/mol. The van der Waals surface area contributed by atoms with E-state index in [0.717, 1.165) is 12.1 Å². The number of hydrogen-bond acceptors (Lipinski definition) is 1. The molecular formula is C13H6F4O2. The number of hydrogen-bond donors (Lipinski definition) is 1. The lowest BCUT2D eigenvalue weighted by atomic mass is 9.98. The number of carbonyl (C=O) groups is 1. The number of rotatable bonds is 2. The number of aromatic carboxylic acids is 1. The second-order valence-electron chi connectivity index (χ2n) is 3.72. The normalized spacial score (nSPS) is 10.5. The molecule has 2 aromatic rings. The number of benzene rings is 2. The Hall–Kier alpha value is -2.37. The molecule has 0 spiro atoms. The van der Waals surface area contributed by atoms with E-state index in [2.05, 4.69) is 0 Å². The van der Waals surface area contributed by atoms with Crippen molar-refractivity contribution in [1.29, 1.82) is 0 Å². The molecule has 0 aliphatic carbocycles. The van der Waals surface area contributed by atoms with E-state index >= 15 is 0 Å².